The molecule has 0 bridgehead atoms. The van der Waals surface area contributed by atoms with E-state index in [4.69, 9.17) is 37.0 Å². The molecule has 6 atom stereocenters. The lowest BCUT2D eigenvalue weighted by Gasteiger charge is -2.21. The zero-order valence-corrected chi connectivity index (χ0v) is 59.0. The predicted molar refractivity (Wildman–Crippen MR) is 354 cm³/mol. The molecule has 522 valence electrons. The first-order valence-corrected chi connectivity index (χ1v) is 38.9. The van der Waals surface area contributed by atoms with E-state index in [0.29, 0.717) is 25.7 Å². The van der Waals surface area contributed by atoms with Crippen molar-refractivity contribution in [1.29, 1.82) is 0 Å². The van der Waals surface area contributed by atoms with Crippen LogP contribution in [0.3, 0.4) is 0 Å². The number of carbonyl (C=O) groups excluding carboxylic acids is 4. The Labute approximate surface area is 537 Å². The zero-order chi connectivity index (χ0) is 65.2. The second-order valence-corrected chi connectivity index (χ2v) is 29.0. The Balaban J connectivity index is 5.23. The van der Waals surface area contributed by atoms with Gasteiger partial charge in [-0.3, -0.25) is 37.3 Å². The minimum atomic E-state index is -4.95. The van der Waals surface area contributed by atoms with Gasteiger partial charge >= 0.3 is 39.5 Å². The van der Waals surface area contributed by atoms with E-state index < -0.39 is 97.5 Å². The smallest absolute Gasteiger partial charge is 0.462 e. The second-order valence-electron chi connectivity index (χ2n) is 26.1. The van der Waals surface area contributed by atoms with Crippen molar-refractivity contribution in [3.63, 3.8) is 0 Å². The van der Waals surface area contributed by atoms with Gasteiger partial charge in [0.15, 0.2) is 12.2 Å². The van der Waals surface area contributed by atoms with Crippen LogP contribution in [-0.2, 0) is 65.4 Å². The Bertz CT molecular complexity index is 1730. The van der Waals surface area contributed by atoms with Crippen LogP contribution in [0.5, 0.6) is 0 Å². The third-order valence-corrected chi connectivity index (χ3v) is 18.1. The summed E-state index contributed by atoms with van der Waals surface area (Å²) in [5, 5.41) is 10.6. The van der Waals surface area contributed by atoms with Gasteiger partial charge < -0.3 is 33.8 Å². The maximum absolute atomic E-state index is 13.0. The summed E-state index contributed by atoms with van der Waals surface area (Å²) in [6.45, 7) is 11.8. The van der Waals surface area contributed by atoms with Gasteiger partial charge in [0.1, 0.15) is 19.3 Å². The number of phosphoric ester groups is 2. The highest BCUT2D eigenvalue weighted by atomic mass is 31.2. The number of carbonyl (C=O) groups is 4. The normalized spacial score (nSPS) is 14.5. The van der Waals surface area contributed by atoms with Crippen molar-refractivity contribution in [3.05, 3.63) is 0 Å². The lowest BCUT2D eigenvalue weighted by atomic mass is 10.00. The fourth-order valence-corrected chi connectivity index (χ4v) is 11.9. The van der Waals surface area contributed by atoms with Gasteiger partial charge in [-0.15, -0.1) is 0 Å². The molecule has 0 rings (SSSR count). The molecule has 0 fully saturated rings. The molecule has 88 heavy (non-hydrogen) atoms. The van der Waals surface area contributed by atoms with Crippen molar-refractivity contribution in [2.75, 3.05) is 39.6 Å². The van der Waals surface area contributed by atoms with E-state index in [2.05, 4.69) is 48.5 Å². The van der Waals surface area contributed by atoms with Gasteiger partial charge in [0, 0.05) is 25.7 Å². The summed E-state index contributed by atoms with van der Waals surface area (Å²) < 4.78 is 68.2. The lowest BCUT2D eigenvalue weighted by Crippen LogP contribution is -2.30. The molecule has 0 aliphatic heterocycles. The Morgan fingerprint density at radius 1 is 0.330 bits per heavy atom. The molecule has 0 aromatic carbocycles. The summed E-state index contributed by atoms with van der Waals surface area (Å²) >= 11 is 0. The van der Waals surface area contributed by atoms with Gasteiger partial charge in [-0.05, 0) is 43.4 Å². The Kier molecular flexibility index (Phi) is 58.7. The molecule has 0 aliphatic carbocycles. The number of phosphoric acid groups is 2. The Hall–Kier alpha value is -1.94. The third kappa shape index (κ3) is 61.6. The van der Waals surface area contributed by atoms with Crippen LogP contribution >= 0.6 is 15.6 Å². The highest BCUT2D eigenvalue weighted by Crippen LogP contribution is 2.45. The Morgan fingerprint density at radius 2 is 0.580 bits per heavy atom. The van der Waals surface area contributed by atoms with Crippen molar-refractivity contribution in [2.24, 2.45) is 17.8 Å². The van der Waals surface area contributed by atoms with Crippen LogP contribution in [0.2, 0.25) is 0 Å². The van der Waals surface area contributed by atoms with E-state index in [1.807, 2.05) is 0 Å². The number of hydrogen-bond acceptors (Lipinski definition) is 15. The molecule has 3 unspecified atom stereocenters. The van der Waals surface area contributed by atoms with E-state index in [1.54, 1.807) is 0 Å². The van der Waals surface area contributed by atoms with Gasteiger partial charge in [-0.1, -0.05) is 292 Å². The van der Waals surface area contributed by atoms with E-state index >= 15 is 0 Å². The van der Waals surface area contributed by atoms with Crippen molar-refractivity contribution >= 4 is 39.5 Å². The predicted octanol–water partition coefficient (Wildman–Crippen LogP) is 19.5. The third-order valence-electron chi connectivity index (χ3n) is 16.2. The SMILES string of the molecule is CCCCCCCCCCC(=O)OC[C@H](COP(=O)(O)OC[C@H](O)COP(=O)(O)OC[C@@H](COC(=O)CCCCCCCCCCCCCC(C)C)OC(=O)CCCCCCCCCCCCCCCC(C)C)OC(=O)CCCCCCCCC(C)CC. The van der Waals surface area contributed by atoms with Gasteiger partial charge in [0.2, 0.25) is 0 Å². The highest BCUT2D eigenvalue weighted by Gasteiger charge is 2.30. The number of aliphatic hydroxyl groups excluding tert-OH is 1. The molecule has 0 saturated heterocycles. The molecular weight excluding hydrogens is 1160 g/mol. The molecule has 3 N–H and O–H groups in total. The number of unbranched alkanes of at least 4 members (excludes halogenated alkanes) is 34. The van der Waals surface area contributed by atoms with E-state index in [9.17, 15) is 43.2 Å². The molecule has 0 heterocycles. The van der Waals surface area contributed by atoms with Crippen LogP contribution in [0, 0.1) is 17.8 Å². The first-order chi connectivity index (χ1) is 42.3. The maximum atomic E-state index is 13.0. The number of ether oxygens (including phenoxy) is 4. The molecule has 0 aromatic heterocycles. The quantitative estimate of drug-likeness (QED) is 0.0222. The number of aliphatic hydroxyl groups is 1. The van der Waals surface area contributed by atoms with Gasteiger partial charge in [0.05, 0.1) is 26.4 Å². The topological polar surface area (TPSA) is 237 Å². The van der Waals surface area contributed by atoms with Crippen LogP contribution in [0.25, 0.3) is 0 Å². The molecule has 0 saturated carbocycles. The lowest BCUT2D eigenvalue weighted by molar-refractivity contribution is -0.161. The van der Waals surface area contributed by atoms with Gasteiger partial charge in [-0.2, -0.15) is 0 Å². The largest absolute Gasteiger partial charge is 0.472 e. The Morgan fingerprint density at radius 3 is 0.864 bits per heavy atom. The average molecular weight is 1300 g/mol. The summed E-state index contributed by atoms with van der Waals surface area (Å²) in [4.78, 5) is 72.4. The van der Waals surface area contributed by atoms with E-state index in [0.717, 1.165) is 114 Å². The number of esters is 4. The van der Waals surface area contributed by atoms with E-state index in [-0.39, 0.29) is 25.7 Å². The summed E-state index contributed by atoms with van der Waals surface area (Å²) in [5.74, 6) is 0.146. The number of rotatable bonds is 67. The molecule has 0 spiro atoms. The van der Waals surface area contributed by atoms with Crippen molar-refractivity contribution in [2.45, 2.75) is 362 Å². The molecule has 0 radical (unpaired) electrons. The highest BCUT2D eigenvalue weighted by molar-refractivity contribution is 7.47. The van der Waals surface area contributed by atoms with Crippen molar-refractivity contribution in [3.8, 4) is 0 Å². The van der Waals surface area contributed by atoms with Crippen molar-refractivity contribution in [1.82, 2.24) is 0 Å². The van der Waals surface area contributed by atoms with Gasteiger partial charge in [0.25, 0.3) is 0 Å². The molecular formula is C69H134O17P2. The second kappa shape index (κ2) is 60.0. The van der Waals surface area contributed by atoms with Crippen LogP contribution < -0.4 is 0 Å². The van der Waals surface area contributed by atoms with Crippen LogP contribution in [0.15, 0.2) is 0 Å². The van der Waals surface area contributed by atoms with Gasteiger partial charge in [-0.25, -0.2) is 9.13 Å². The summed E-state index contributed by atoms with van der Waals surface area (Å²) in [6.07, 6.45) is 43.1. The maximum Gasteiger partial charge on any atom is 0.472 e. The summed E-state index contributed by atoms with van der Waals surface area (Å²) in [5.41, 5.74) is 0. The fourth-order valence-electron chi connectivity index (χ4n) is 10.3. The van der Waals surface area contributed by atoms with Crippen molar-refractivity contribution < 1.29 is 80.2 Å². The molecule has 0 amide bonds. The number of hydrogen-bond donors (Lipinski definition) is 3. The summed E-state index contributed by atoms with van der Waals surface area (Å²) in [7, 11) is -9.90. The molecule has 0 aromatic rings. The van der Waals surface area contributed by atoms with Crippen LogP contribution in [0.1, 0.15) is 344 Å². The summed E-state index contributed by atoms with van der Waals surface area (Å²) in [6, 6.07) is 0. The first-order valence-electron chi connectivity index (χ1n) is 35.9. The average Bonchev–Trinajstić information content (AvgIpc) is 3.60. The molecule has 0 aliphatic rings. The minimum absolute atomic E-state index is 0.103. The molecule has 17 nitrogen and oxygen atoms in total. The zero-order valence-electron chi connectivity index (χ0n) is 57.2. The van der Waals surface area contributed by atoms with Crippen LogP contribution in [0.4, 0.5) is 0 Å². The van der Waals surface area contributed by atoms with Crippen LogP contribution in [-0.4, -0.2) is 96.7 Å². The standard InChI is InChI=1S/C69H134O17P2/c1-8-10-11-12-13-28-36-43-50-66(71)79-57-65(86-69(74)53-46-39-32-31-35-42-49-62(7)9-2)59-84-88(77,78)82-55-63(70)54-81-87(75,76)83-58-64(56-80-67(72)51-44-37-29-24-21-17-19-23-27-34-41-48-61(5)6)85-68(73)52-45-38-30-25-20-16-14-15-18-22-26-33-40-47-60(3)4/h60-65,70H,8-59H2,1-7H3,(H,75,76)(H,77,78)/t62?,63-,64-,65-/m1/s1. The fraction of sp³-hybridized carbons (Fsp3) is 0.942. The minimum Gasteiger partial charge on any atom is -0.462 e. The van der Waals surface area contributed by atoms with E-state index in [1.165, 1.54) is 148 Å². The molecule has 19 heteroatoms. The monoisotopic (exact) mass is 1300 g/mol. The first kappa shape index (κ1) is 86.1.